The van der Waals surface area contributed by atoms with E-state index < -0.39 is 0 Å². The summed E-state index contributed by atoms with van der Waals surface area (Å²) in [7, 11) is 0. The summed E-state index contributed by atoms with van der Waals surface area (Å²) >= 11 is 0. The highest BCUT2D eigenvalue weighted by Crippen LogP contribution is 2.25. The SMILES string of the molecule is C[C@H]1CC[NH2+]CC(C)(C)C1. The molecule has 0 saturated carbocycles. The summed E-state index contributed by atoms with van der Waals surface area (Å²) in [6.45, 7) is 9.79. The van der Waals surface area contributed by atoms with E-state index in [1.165, 1.54) is 25.9 Å². The second-order valence-electron chi connectivity index (χ2n) is 4.54. The molecule has 0 aromatic heterocycles. The second kappa shape index (κ2) is 2.91. The van der Waals surface area contributed by atoms with Crippen molar-refractivity contribution in [3.8, 4) is 0 Å². The van der Waals surface area contributed by atoms with E-state index in [9.17, 15) is 0 Å². The smallest absolute Gasteiger partial charge is 0.0807 e. The first kappa shape index (κ1) is 8.06. The highest BCUT2D eigenvalue weighted by Gasteiger charge is 2.25. The summed E-state index contributed by atoms with van der Waals surface area (Å²) < 4.78 is 0. The third kappa shape index (κ3) is 2.30. The number of hydrogen-bond acceptors (Lipinski definition) is 0. The van der Waals surface area contributed by atoms with Crippen molar-refractivity contribution in [1.29, 1.82) is 0 Å². The average molecular weight is 142 g/mol. The van der Waals surface area contributed by atoms with Gasteiger partial charge in [-0.15, -0.1) is 0 Å². The predicted molar refractivity (Wildman–Crippen MR) is 43.8 cm³/mol. The van der Waals surface area contributed by atoms with Crippen molar-refractivity contribution >= 4 is 0 Å². The Morgan fingerprint density at radius 3 is 2.80 bits per heavy atom. The van der Waals surface area contributed by atoms with Gasteiger partial charge in [-0.3, -0.25) is 0 Å². The third-order valence-electron chi connectivity index (χ3n) is 2.46. The molecular weight excluding hydrogens is 122 g/mol. The Hall–Kier alpha value is -0.0400. The van der Waals surface area contributed by atoms with Crippen LogP contribution in [-0.4, -0.2) is 13.1 Å². The molecule has 2 N–H and O–H groups in total. The minimum atomic E-state index is 0.579. The Kier molecular flexibility index (Phi) is 2.35. The van der Waals surface area contributed by atoms with Gasteiger partial charge in [-0.05, 0) is 18.8 Å². The Morgan fingerprint density at radius 1 is 1.40 bits per heavy atom. The minimum Gasteiger partial charge on any atom is -0.346 e. The van der Waals surface area contributed by atoms with Crippen molar-refractivity contribution in [2.75, 3.05) is 13.1 Å². The molecule has 1 atom stereocenters. The maximum atomic E-state index is 2.46. The van der Waals surface area contributed by atoms with Crippen LogP contribution in [0.2, 0.25) is 0 Å². The van der Waals surface area contributed by atoms with Crippen LogP contribution in [-0.2, 0) is 0 Å². The maximum Gasteiger partial charge on any atom is 0.0807 e. The van der Waals surface area contributed by atoms with Gasteiger partial charge in [-0.1, -0.05) is 20.8 Å². The molecule has 0 aromatic carbocycles. The van der Waals surface area contributed by atoms with Crippen LogP contribution < -0.4 is 5.32 Å². The summed E-state index contributed by atoms with van der Waals surface area (Å²) in [5, 5.41) is 2.46. The molecule has 0 radical (unpaired) electrons. The minimum absolute atomic E-state index is 0.579. The van der Waals surface area contributed by atoms with Crippen LogP contribution in [0.15, 0.2) is 0 Å². The van der Waals surface area contributed by atoms with Crippen LogP contribution in [0, 0.1) is 11.3 Å². The van der Waals surface area contributed by atoms with Crippen molar-refractivity contribution in [3.63, 3.8) is 0 Å². The van der Waals surface area contributed by atoms with Crippen LogP contribution in [0.3, 0.4) is 0 Å². The Morgan fingerprint density at radius 2 is 2.10 bits per heavy atom. The first-order chi connectivity index (χ1) is 4.60. The predicted octanol–water partition coefficient (Wildman–Crippen LogP) is 1.01. The molecule has 1 heteroatoms. The molecule has 1 saturated heterocycles. The van der Waals surface area contributed by atoms with Gasteiger partial charge in [0.1, 0.15) is 0 Å². The van der Waals surface area contributed by atoms with Crippen LogP contribution in [0.1, 0.15) is 33.6 Å². The summed E-state index contributed by atoms with van der Waals surface area (Å²) in [6, 6.07) is 0. The average Bonchev–Trinajstić information content (AvgIpc) is 1.90. The highest BCUT2D eigenvalue weighted by atomic mass is 14.9. The molecule has 0 unspecified atom stereocenters. The fourth-order valence-corrected chi connectivity index (χ4v) is 2.02. The molecular formula is C9H20N+. The van der Waals surface area contributed by atoms with Gasteiger partial charge < -0.3 is 5.32 Å². The maximum absolute atomic E-state index is 2.46. The van der Waals surface area contributed by atoms with Gasteiger partial charge in [0, 0.05) is 5.41 Å². The fourth-order valence-electron chi connectivity index (χ4n) is 2.02. The third-order valence-corrected chi connectivity index (χ3v) is 2.46. The van der Waals surface area contributed by atoms with Crippen molar-refractivity contribution in [2.45, 2.75) is 33.6 Å². The zero-order valence-corrected chi connectivity index (χ0v) is 7.48. The van der Waals surface area contributed by atoms with E-state index >= 15 is 0 Å². The Bertz CT molecular complexity index is 107. The van der Waals surface area contributed by atoms with Gasteiger partial charge in [0.15, 0.2) is 0 Å². The fraction of sp³-hybridized carbons (Fsp3) is 1.00. The standard InChI is InChI=1S/C9H19N/c1-8-4-5-10-7-9(2,3)6-8/h8,10H,4-7H2,1-3H3/p+1/t8-/m0/s1. The highest BCUT2D eigenvalue weighted by molar-refractivity contribution is 4.71. The number of hydrogen-bond donors (Lipinski definition) is 1. The lowest BCUT2D eigenvalue weighted by Gasteiger charge is -2.21. The molecule has 1 fully saturated rings. The van der Waals surface area contributed by atoms with Crippen molar-refractivity contribution < 1.29 is 5.32 Å². The number of rotatable bonds is 0. The molecule has 1 aliphatic heterocycles. The number of nitrogens with two attached hydrogens (primary N) is 1. The first-order valence-electron chi connectivity index (χ1n) is 4.42. The van der Waals surface area contributed by atoms with E-state index in [4.69, 9.17) is 0 Å². The van der Waals surface area contributed by atoms with Crippen LogP contribution in [0.5, 0.6) is 0 Å². The van der Waals surface area contributed by atoms with Gasteiger partial charge in [0.25, 0.3) is 0 Å². The molecule has 10 heavy (non-hydrogen) atoms. The van der Waals surface area contributed by atoms with Gasteiger partial charge in [0.05, 0.1) is 13.1 Å². The summed E-state index contributed by atoms with van der Waals surface area (Å²) in [5.74, 6) is 0.939. The van der Waals surface area contributed by atoms with Crippen molar-refractivity contribution in [3.05, 3.63) is 0 Å². The topological polar surface area (TPSA) is 16.6 Å². The largest absolute Gasteiger partial charge is 0.346 e. The quantitative estimate of drug-likeness (QED) is 0.520. The van der Waals surface area contributed by atoms with E-state index in [1.807, 2.05) is 0 Å². The van der Waals surface area contributed by atoms with Gasteiger partial charge >= 0.3 is 0 Å². The summed E-state index contributed by atoms with van der Waals surface area (Å²) in [4.78, 5) is 0. The lowest BCUT2D eigenvalue weighted by Crippen LogP contribution is -2.86. The van der Waals surface area contributed by atoms with Gasteiger partial charge in [0.2, 0.25) is 0 Å². The molecule has 0 amide bonds. The van der Waals surface area contributed by atoms with Crippen molar-refractivity contribution in [1.82, 2.24) is 0 Å². The summed E-state index contributed by atoms with van der Waals surface area (Å²) in [5.41, 5.74) is 0.579. The lowest BCUT2D eigenvalue weighted by molar-refractivity contribution is -0.662. The second-order valence-corrected chi connectivity index (χ2v) is 4.54. The van der Waals surface area contributed by atoms with Crippen LogP contribution in [0.25, 0.3) is 0 Å². The summed E-state index contributed by atoms with van der Waals surface area (Å²) in [6.07, 6.45) is 2.81. The lowest BCUT2D eigenvalue weighted by atomic mass is 9.84. The molecule has 1 heterocycles. The van der Waals surface area contributed by atoms with E-state index in [0.717, 1.165) is 5.92 Å². The number of quaternary nitrogens is 1. The molecule has 1 nitrogen and oxygen atoms in total. The molecule has 0 aliphatic carbocycles. The molecule has 0 bridgehead atoms. The molecule has 1 rings (SSSR count). The Balaban J connectivity index is 2.46. The first-order valence-corrected chi connectivity index (χ1v) is 4.42. The molecule has 0 spiro atoms. The van der Waals surface area contributed by atoms with Gasteiger partial charge in [-0.25, -0.2) is 0 Å². The van der Waals surface area contributed by atoms with E-state index in [2.05, 4.69) is 26.1 Å². The van der Waals surface area contributed by atoms with Crippen molar-refractivity contribution in [2.24, 2.45) is 11.3 Å². The van der Waals surface area contributed by atoms with Crippen LogP contribution in [0.4, 0.5) is 0 Å². The van der Waals surface area contributed by atoms with Gasteiger partial charge in [-0.2, -0.15) is 0 Å². The van der Waals surface area contributed by atoms with E-state index in [0.29, 0.717) is 5.41 Å². The van der Waals surface area contributed by atoms with E-state index in [-0.39, 0.29) is 0 Å². The zero-order valence-electron chi connectivity index (χ0n) is 7.48. The Labute approximate surface area is 64.2 Å². The normalized spacial score (nSPS) is 33.3. The molecule has 1 aliphatic rings. The molecule has 0 aromatic rings. The van der Waals surface area contributed by atoms with E-state index in [1.54, 1.807) is 0 Å². The molecule has 60 valence electrons. The zero-order chi connectivity index (χ0) is 7.61. The monoisotopic (exact) mass is 142 g/mol. The van der Waals surface area contributed by atoms with Crippen LogP contribution >= 0.6 is 0 Å².